The average Bonchev–Trinajstić information content (AvgIpc) is 2.65. The number of hydrogen-bond donors (Lipinski definition) is 2. The summed E-state index contributed by atoms with van der Waals surface area (Å²) in [4.78, 5) is 16.3. The van der Waals surface area contributed by atoms with E-state index in [1.165, 1.54) is 18.4 Å². The van der Waals surface area contributed by atoms with Gasteiger partial charge >= 0.3 is 0 Å². The first-order chi connectivity index (χ1) is 12.3. The van der Waals surface area contributed by atoms with Crippen LogP contribution in [0.3, 0.4) is 0 Å². The summed E-state index contributed by atoms with van der Waals surface area (Å²) < 4.78 is 0. The highest BCUT2D eigenvalue weighted by atomic mass is 16.3. The summed E-state index contributed by atoms with van der Waals surface area (Å²) in [6, 6.07) is 0.722. The van der Waals surface area contributed by atoms with Gasteiger partial charge in [0.2, 0.25) is 5.95 Å². The predicted octanol–water partition coefficient (Wildman–Crippen LogP) is 0.483. The number of aliphatic hydroxyl groups is 1. The highest BCUT2D eigenvalue weighted by Crippen LogP contribution is 2.19. The molecule has 0 amide bonds. The molecular weight excluding hydrogens is 316 g/mol. The number of β-amino-alcohol motifs (C(OH)–C–C–N with tert-alkyl or cyclic N) is 1. The fraction of sp³-hybridized carbons (Fsp3) is 0.778. The molecule has 0 aliphatic carbocycles. The van der Waals surface area contributed by atoms with Crippen molar-refractivity contribution in [3.05, 3.63) is 18.0 Å². The van der Waals surface area contributed by atoms with Crippen LogP contribution in [-0.4, -0.2) is 94.8 Å². The maximum Gasteiger partial charge on any atom is 0.222 e. The number of anilines is 1. The fourth-order valence-electron chi connectivity index (χ4n) is 3.88. The monoisotopic (exact) mass is 348 g/mol. The molecule has 0 saturated carbocycles. The third kappa shape index (κ3) is 5.34. The van der Waals surface area contributed by atoms with E-state index in [-0.39, 0.29) is 6.61 Å². The van der Waals surface area contributed by atoms with Gasteiger partial charge in [-0.25, -0.2) is 9.97 Å². The van der Waals surface area contributed by atoms with Gasteiger partial charge < -0.3 is 10.4 Å². The van der Waals surface area contributed by atoms with Crippen LogP contribution < -0.4 is 5.32 Å². The molecule has 3 heterocycles. The van der Waals surface area contributed by atoms with Crippen molar-refractivity contribution in [3.8, 4) is 0 Å². The Bertz CT molecular complexity index is 495. The summed E-state index contributed by atoms with van der Waals surface area (Å²) in [5, 5.41) is 12.2. The quantitative estimate of drug-likeness (QED) is 0.743. The number of piperidine rings is 1. The van der Waals surface area contributed by atoms with Gasteiger partial charge in [0, 0.05) is 69.8 Å². The molecule has 2 aliphatic heterocycles. The molecule has 0 spiro atoms. The van der Waals surface area contributed by atoms with E-state index in [0.717, 1.165) is 64.9 Å². The number of rotatable bonds is 7. The van der Waals surface area contributed by atoms with E-state index in [9.17, 15) is 0 Å². The van der Waals surface area contributed by atoms with E-state index < -0.39 is 0 Å². The van der Waals surface area contributed by atoms with Crippen LogP contribution in [0.2, 0.25) is 0 Å². The lowest BCUT2D eigenvalue weighted by Crippen LogP contribution is -2.53. The molecule has 25 heavy (non-hydrogen) atoms. The van der Waals surface area contributed by atoms with E-state index in [4.69, 9.17) is 5.11 Å². The third-order valence-electron chi connectivity index (χ3n) is 5.34. The summed E-state index contributed by atoms with van der Waals surface area (Å²) in [6.07, 6.45) is 6.38. The third-order valence-corrected chi connectivity index (χ3v) is 5.34. The zero-order chi connectivity index (χ0) is 17.5. The highest BCUT2D eigenvalue weighted by molar-refractivity contribution is 5.24. The molecule has 140 valence electrons. The lowest BCUT2D eigenvalue weighted by Gasteiger charge is -2.42. The topological polar surface area (TPSA) is 67.8 Å². The standard InChI is InChI=1S/C18H32N6O/c1-2-19-18-20-13-16(14-21-18)15-23-5-3-17(4-6-23)24-9-7-22(8-10-24)11-12-25/h13-14,17,25H,2-12,15H2,1H3,(H,19,20,21). The number of nitrogens with one attached hydrogen (secondary N) is 1. The van der Waals surface area contributed by atoms with Gasteiger partial charge in [-0.1, -0.05) is 0 Å². The molecule has 2 aliphatic rings. The summed E-state index contributed by atoms with van der Waals surface area (Å²) in [5.41, 5.74) is 1.19. The minimum absolute atomic E-state index is 0.275. The number of nitrogens with zero attached hydrogens (tertiary/aromatic N) is 5. The Morgan fingerprint density at radius 1 is 1.04 bits per heavy atom. The number of piperazine rings is 1. The molecule has 0 unspecified atom stereocenters. The van der Waals surface area contributed by atoms with Crippen LogP contribution >= 0.6 is 0 Å². The Labute approximate surface area is 151 Å². The molecular formula is C18H32N6O. The second kappa shape index (κ2) is 9.43. The normalized spacial score (nSPS) is 21.5. The summed E-state index contributed by atoms with van der Waals surface area (Å²) in [7, 11) is 0. The van der Waals surface area contributed by atoms with Crippen molar-refractivity contribution in [1.82, 2.24) is 24.7 Å². The molecule has 1 aromatic rings. The van der Waals surface area contributed by atoms with Crippen LogP contribution in [0.1, 0.15) is 25.3 Å². The maximum atomic E-state index is 9.05. The van der Waals surface area contributed by atoms with E-state index >= 15 is 0 Å². The van der Waals surface area contributed by atoms with Crippen molar-refractivity contribution in [2.24, 2.45) is 0 Å². The first-order valence-corrected chi connectivity index (χ1v) is 9.63. The van der Waals surface area contributed by atoms with Crippen molar-refractivity contribution in [3.63, 3.8) is 0 Å². The Hall–Kier alpha value is -1.28. The first kappa shape index (κ1) is 18.5. The highest BCUT2D eigenvalue weighted by Gasteiger charge is 2.27. The van der Waals surface area contributed by atoms with E-state index in [2.05, 4.69) is 30.0 Å². The molecule has 3 rings (SSSR count). The second-order valence-corrected chi connectivity index (χ2v) is 7.05. The Kier molecular flexibility index (Phi) is 6.98. The molecule has 0 atom stereocenters. The second-order valence-electron chi connectivity index (χ2n) is 7.05. The predicted molar refractivity (Wildman–Crippen MR) is 99.6 cm³/mol. The van der Waals surface area contributed by atoms with Crippen molar-refractivity contribution >= 4 is 5.95 Å². The number of hydrogen-bond acceptors (Lipinski definition) is 7. The van der Waals surface area contributed by atoms with Gasteiger partial charge in [0.25, 0.3) is 0 Å². The molecule has 2 fully saturated rings. The summed E-state index contributed by atoms with van der Waals surface area (Å²) >= 11 is 0. The van der Waals surface area contributed by atoms with Gasteiger partial charge in [0.15, 0.2) is 0 Å². The minimum Gasteiger partial charge on any atom is -0.395 e. The minimum atomic E-state index is 0.275. The summed E-state index contributed by atoms with van der Waals surface area (Å²) in [6.45, 7) is 11.7. The lowest BCUT2D eigenvalue weighted by atomic mass is 10.0. The van der Waals surface area contributed by atoms with Gasteiger partial charge in [-0.3, -0.25) is 14.7 Å². The van der Waals surface area contributed by atoms with Crippen LogP contribution in [0, 0.1) is 0 Å². The van der Waals surface area contributed by atoms with Gasteiger partial charge in [-0.05, 0) is 32.9 Å². The van der Waals surface area contributed by atoms with E-state index in [0.29, 0.717) is 5.95 Å². The SMILES string of the molecule is CCNc1ncc(CN2CCC(N3CCN(CCO)CC3)CC2)cn1. The smallest absolute Gasteiger partial charge is 0.222 e. The van der Waals surface area contributed by atoms with Gasteiger partial charge in [0.05, 0.1) is 6.61 Å². The Morgan fingerprint density at radius 2 is 1.72 bits per heavy atom. The van der Waals surface area contributed by atoms with Crippen LogP contribution in [0.15, 0.2) is 12.4 Å². The number of aromatic nitrogens is 2. The van der Waals surface area contributed by atoms with Gasteiger partial charge in [0.1, 0.15) is 0 Å². The van der Waals surface area contributed by atoms with Crippen LogP contribution in [-0.2, 0) is 6.54 Å². The van der Waals surface area contributed by atoms with Gasteiger partial charge in [-0.15, -0.1) is 0 Å². The molecule has 2 N–H and O–H groups in total. The van der Waals surface area contributed by atoms with Crippen molar-refractivity contribution in [1.29, 1.82) is 0 Å². The van der Waals surface area contributed by atoms with Crippen molar-refractivity contribution in [2.45, 2.75) is 32.4 Å². The van der Waals surface area contributed by atoms with Crippen LogP contribution in [0.25, 0.3) is 0 Å². The van der Waals surface area contributed by atoms with Crippen molar-refractivity contribution in [2.75, 3.05) is 64.3 Å². The van der Waals surface area contributed by atoms with Crippen LogP contribution in [0.4, 0.5) is 5.95 Å². The molecule has 7 heteroatoms. The molecule has 2 saturated heterocycles. The van der Waals surface area contributed by atoms with Gasteiger partial charge in [-0.2, -0.15) is 0 Å². The maximum absolute atomic E-state index is 9.05. The molecule has 1 aromatic heterocycles. The number of likely N-dealkylation sites (tertiary alicyclic amines) is 1. The largest absolute Gasteiger partial charge is 0.395 e. The zero-order valence-electron chi connectivity index (χ0n) is 15.4. The molecule has 0 radical (unpaired) electrons. The van der Waals surface area contributed by atoms with E-state index in [1.807, 2.05) is 19.3 Å². The first-order valence-electron chi connectivity index (χ1n) is 9.63. The zero-order valence-corrected chi connectivity index (χ0v) is 15.4. The Balaban J connectivity index is 1.40. The molecule has 0 aromatic carbocycles. The molecule has 0 bridgehead atoms. The lowest BCUT2D eigenvalue weighted by molar-refractivity contribution is 0.0516. The Morgan fingerprint density at radius 3 is 2.32 bits per heavy atom. The van der Waals surface area contributed by atoms with Crippen molar-refractivity contribution < 1.29 is 5.11 Å². The number of aliphatic hydroxyl groups excluding tert-OH is 1. The molecule has 7 nitrogen and oxygen atoms in total. The summed E-state index contributed by atoms with van der Waals surface area (Å²) in [5.74, 6) is 0.713. The fourth-order valence-corrected chi connectivity index (χ4v) is 3.88. The van der Waals surface area contributed by atoms with E-state index in [1.54, 1.807) is 0 Å². The average molecular weight is 348 g/mol. The van der Waals surface area contributed by atoms with Crippen LogP contribution in [0.5, 0.6) is 0 Å².